The second kappa shape index (κ2) is 10.4. The molecule has 0 radical (unpaired) electrons. The zero-order valence-electron chi connectivity index (χ0n) is 16.3. The van der Waals surface area contributed by atoms with E-state index in [4.69, 9.17) is 17.0 Å². The highest BCUT2D eigenvalue weighted by Crippen LogP contribution is 2.11. The Kier molecular flexibility index (Phi) is 7.36. The number of hydrogen-bond acceptors (Lipinski definition) is 3. The number of nitrogens with one attached hydrogen (secondary N) is 2. The highest BCUT2D eigenvalue weighted by molar-refractivity contribution is 7.80. The highest BCUT2D eigenvalue weighted by Gasteiger charge is 2.22. The van der Waals surface area contributed by atoms with Gasteiger partial charge in [0.1, 0.15) is 12.6 Å². The summed E-state index contributed by atoms with van der Waals surface area (Å²) in [6.45, 7) is 2.24. The summed E-state index contributed by atoms with van der Waals surface area (Å²) in [5.41, 5.74) is 3.97. The molecule has 0 fully saturated rings. The van der Waals surface area contributed by atoms with Gasteiger partial charge in [0.25, 0.3) is 0 Å². The number of benzene rings is 3. The summed E-state index contributed by atoms with van der Waals surface area (Å²) in [6.07, 6.45) is 0.476. The highest BCUT2D eigenvalue weighted by atomic mass is 32.1. The molecule has 0 aliphatic heterocycles. The molecule has 0 saturated heterocycles. The predicted molar refractivity (Wildman–Crippen MR) is 121 cm³/mol. The van der Waals surface area contributed by atoms with E-state index in [-0.39, 0.29) is 12.6 Å². The topological polar surface area (TPSA) is 50.4 Å². The molecule has 0 bridgehead atoms. The monoisotopic (exact) mass is 404 g/mol. The molecule has 148 valence electrons. The van der Waals surface area contributed by atoms with Crippen molar-refractivity contribution in [3.05, 3.63) is 102 Å². The normalized spacial score (nSPS) is 11.3. The third-order valence-corrected chi connectivity index (χ3v) is 4.59. The summed E-state index contributed by atoms with van der Waals surface area (Å²) >= 11 is 5.44. The van der Waals surface area contributed by atoms with Crippen molar-refractivity contribution in [2.45, 2.75) is 26.0 Å². The van der Waals surface area contributed by atoms with E-state index < -0.39 is 6.04 Å². The van der Waals surface area contributed by atoms with Crippen LogP contribution < -0.4 is 10.6 Å². The third-order valence-electron chi connectivity index (χ3n) is 4.37. The van der Waals surface area contributed by atoms with Crippen LogP contribution in [-0.2, 0) is 22.6 Å². The Morgan fingerprint density at radius 2 is 1.59 bits per heavy atom. The van der Waals surface area contributed by atoms with Crippen molar-refractivity contribution in [2.24, 2.45) is 0 Å². The van der Waals surface area contributed by atoms with E-state index in [2.05, 4.69) is 10.6 Å². The minimum atomic E-state index is -0.592. The fraction of sp³-hybridized carbons (Fsp3) is 0.167. The lowest BCUT2D eigenvalue weighted by Gasteiger charge is -2.20. The van der Waals surface area contributed by atoms with E-state index in [1.165, 1.54) is 0 Å². The van der Waals surface area contributed by atoms with Gasteiger partial charge in [-0.15, -0.1) is 0 Å². The number of rotatable bonds is 7. The maximum atomic E-state index is 12.8. The first-order valence-electron chi connectivity index (χ1n) is 9.49. The molecule has 0 aromatic heterocycles. The van der Waals surface area contributed by atoms with Crippen LogP contribution in [0.1, 0.15) is 16.7 Å². The van der Waals surface area contributed by atoms with Gasteiger partial charge in [-0.2, -0.15) is 0 Å². The Balaban J connectivity index is 1.66. The quantitative estimate of drug-likeness (QED) is 0.444. The second-order valence-electron chi connectivity index (χ2n) is 6.80. The number of carbonyl (C=O) groups excluding carboxylic acids is 1. The van der Waals surface area contributed by atoms with E-state index in [9.17, 15) is 4.79 Å². The van der Waals surface area contributed by atoms with Crippen molar-refractivity contribution in [3.8, 4) is 0 Å². The Labute approximate surface area is 176 Å². The van der Waals surface area contributed by atoms with Crippen LogP contribution in [-0.4, -0.2) is 17.1 Å². The summed E-state index contributed by atoms with van der Waals surface area (Å²) in [7, 11) is 0. The molecule has 3 aromatic carbocycles. The van der Waals surface area contributed by atoms with Gasteiger partial charge in [0.2, 0.25) is 0 Å². The van der Waals surface area contributed by atoms with Gasteiger partial charge in [-0.05, 0) is 48.0 Å². The summed E-state index contributed by atoms with van der Waals surface area (Å²) < 4.78 is 5.54. The van der Waals surface area contributed by atoms with Crippen LogP contribution >= 0.6 is 12.2 Å². The van der Waals surface area contributed by atoms with Crippen LogP contribution in [0.5, 0.6) is 0 Å². The molecule has 0 aliphatic carbocycles. The largest absolute Gasteiger partial charge is 0.459 e. The fourth-order valence-corrected chi connectivity index (χ4v) is 3.18. The summed E-state index contributed by atoms with van der Waals surface area (Å²) in [5, 5.41) is 6.64. The molecule has 29 heavy (non-hydrogen) atoms. The van der Waals surface area contributed by atoms with Gasteiger partial charge in [-0.1, -0.05) is 72.8 Å². The minimum Gasteiger partial charge on any atom is -0.459 e. The molecular formula is C24H24N2O2S. The van der Waals surface area contributed by atoms with Crippen molar-refractivity contribution >= 4 is 29.0 Å². The third kappa shape index (κ3) is 6.73. The molecule has 0 spiro atoms. The van der Waals surface area contributed by atoms with Crippen molar-refractivity contribution in [1.82, 2.24) is 5.32 Å². The van der Waals surface area contributed by atoms with Gasteiger partial charge in [0.05, 0.1) is 0 Å². The molecule has 0 unspecified atom stereocenters. The Hall–Kier alpha value is -3.18. The lowest BCUT2D eigenvalue weighted by atomic mass is 10.1. The van der Waals surface area contributed by atoms with Crippen molar-refractivity contribution in [1.29, 1.82) is 0 Å². The van der Waals surface area contributed by atoms with Crippen LogP contribution in [0, 0.1) is 6.92 Å². The number of ether oxygens (including phenoxy) is 1. The average Bonchev–Trinajstić information content (AvgIpc) is 2.73. The smallest absolute Gasteiger partial charge is 0.329 e. The Bertz CT molecular complexity index is 945. The minimum absolute atomic E-state index is 0.227. The van der Waals surface area contributed by atoms with Crippen molar-refractivity contribution in [2.75, 3.05) is 5.32 Å². The summed E-state index contributed by atoms with van der Waals surface area (Å²) in [5.74, 6) is -0.342. The van der Waals surface area contributed by atoms with Crippen LogP contribution in [0.2, 0.25) is 0 Å². The fourth-order valence-electron chi connectivity index (χ4n) is 2.92. The number of hydrogen-bond donors (Lipinski definition) is 2. The summed E-state index contributed by atoms with van der Waals surface area (Å²) in [6, 6.07) is 26.7. The van der Waals surface area contributed by atoms with Crippen LogP contribution in [0.25, 0.3) is 0 Å². The average molecular weight is 405 g/mol. The molecule has 0 amide bonds. The molecule has 0 aliphatic rings. The number of anilines is 1. The molecule has 1 atom stereocenters. The Morgan fingerprint density at radius 1 is 0.931 bits per heavy atom. The van der Waals surface area contributed by atoms with E-state index in [0.29, 0.717) is 11.5 Å². The Morgan fingerprint density at radius 3 is 2.24 bits per heavy atom. The molecule has 3 rings (SSSR count). The second-order valence-corrected chi connectivity index (χ2v) is 7.21. The van der Waals surface area contributed by atoms with E-state index >= 15 is 0 Å². The molecule has 4 nitrogen and oxygen atoms in total. The zero-order chi connectivity index (χ0) is 20.5. The molecule has 3 aromatic rings. The van der Waals surface area contributed by atoms with Gasteiger partial charge in [-0.25, -0.2) is 4.79 Å². The molecule has 5 heteroatoms. The number of aryl methyl sites for hydroxylation is 1. The lowest BCUT2D eigenvalue weighted by molar-refractivity contribution is -0.147. The van der Waals surface area contributed by atoms with E-state index in [0.717, 1.165) is 22.4 Å². The first kappa shape index (κ1) is 20.6. The van der Waals surface area contributed by atoms with Gasteiger partial charge < -0.3 is 15.4 Å². The van der Waals surface area contributed by atoms with Crippen LogP contribution in [0.4, 0.5) is 5.69 Å². The number of thiocarbonyl (C=S) groups is 1. The van der Waals surface area contributed by atoms with Crippen molar-refractivity contribution in [3.63, 3.8) is 0 Å². The SMILES string of the molecule is Cc1cccc(NC(=S)N[C@@H](Cc2ccccc2)C(=O)OCc2ccccc2)c1. The van der Waals surface area contributed by atoms with E-state index in [1.54, 1.807) is 0 Å². The lowest BCUT2D eigenvalue weighted by Crippen LogP contribution is -2.45. The standard InChI is InChI=1S/C24H24N2O2S/c1-18-9-8-14-21(15-18)25-24(29)26-22(16-19-10-4-2-5-11-19)23(27)28-17-20-12-6-3-7-13-20/h2-15,22H,16-17H2,1H3,(H2,25,26,29)/t22-/m0/s1. The number of esters is 1. The maximum absolute atomic E-state index is 12.8. The van der Waals surface area contributed by atoms with Gasteiger partial charge in [0, 0.05) is 12.1 Å². The van der Waals surface area contributed by atoms with E-state index in [1.807, 2.05) is 91.9 Å². The van der Waals surface area contributed by atoms with Gasteiger partial charge in [0.15, 0.2) is 5.11 Å². The van der Waals surface area contributed by atoms with Crippen molar-refractivity contribution < 1.29 is 9.53 Å². The van der Waals surface area contributed by atoms with Gasteiger partial charge >= 0.3 is 5.97 Å². The van der Waals surface area contributed by atoms with Crippen LogP contribution in [0.3, 0.4) is 0 Å². The first-order valence-corrected chi connectivity index (χ1v) is 9.89. The first-order chi connectivity index (χ1) is 14.1. The molecule has 0 heterocycles. The molecule has 2 N–H and O–H groups in total. The number of carbonyl (C=O) groups is 1. The zero-order valence-corrected chi connectivity index (χ0v) is 17.1. The predicted octanol–water partition coefficient (Wildman–Crippen LogP) is 4.64. The molecule has 0 saturated carbocycles. The molecular weight excluding hydrogens is 380 g/mol. The van der Waals surface area contributed by atoms with Crippen LogP contribution in [0.15, 0.2) is 84.9 Å². The maximum Gasteiger partial charge on any atom is 0.329 e. The summed E-state index contributed by atoms with van der Waals surface area (Å²) in [4.78, 5) is 12.8. The van der Waals surface area contributed by atoms with Gasteiger partial charge in [-0.3, -0.25) is 0 Å².